The van der Waals surface area contributed by atoms with Crippen molar-refractivity contribution in [1.82, 2.24) is 5.32 Å². The van der Waals surface area contributed by atoms with Gasteiger partial charge >= 0.3 is 0 Å². The third-order valence-corrected chi connectivity index (χ3v) is 4.43. The average molecular weight is 270 g/mol. The van der Waals surface area contributed by atoms with E-state index in [1.165, 1.54) is 18.4 Å². The summed E-state index contributed by atoms with van der Waals surface area (Å²) in [5, 5.41) is 13.2. The van der Waals surface area contributed by atoms with E-state index >= 15 is 0 Å². The molecule has 1 aliphatic rings. The molecule has 1 aromatic carbocycles. The van der Waals surface area contributed by atoms with Crippen molar-refractivity contribution in [2.45, 2.75) is 64.0 Å². The van der Waals surface area contributed by atoms with Crippen LogP contribution < -0.4 is 5.32 Å². The van der Waals surface area contributed by atoms with Gasteiger partial charge in [-0.15, -0.1) is 0 Å². The highest BCUT2D eigenvalue weighted by Gasteiger charge is 2.46. The van der Waals surface area contributed by atoms with Gasteiger partial charge < -0.3 is 5.32 Å². The Hall–Kier alpha value is -1.33. The quantitative estimate of drug-likeness (QED) is 0.847. The first-order valence-electron chi connectivity index (χ1n) is 7.78. The summed E-state index contributed by atoms with van der Waals surface area (Å²) in [4.78, 5) is 0. The second-order valence-corrected chi connectivity index (χ2v) is 6.70. The molecule has 1 saturated carbocycles. The van der Waals surface area contributed by atoms with Gasteiger partial charge in [-0.3, -0.25) is 0 Å². The topological polar surface area (TPSA) is 35.8 Å². The Labute approximate surface area is 123 Å². The molecule has 20 heavy (non-hydrogen) atoms. The number of benzene rings is 1. The zero-order valence-electron chi connectivity index (χ0n) is 12.9. The fourth-order valence-electron chi connectivity index (χ4n) is 3.12. The van der Waals surface area contributed by atoms with Crippen LogP contribution in [0.3, 0.4) is 0 Å². The molecule has 2 heteroatoms. The lowest BCUT2D eigenvalue weighted by molar-refractivity contribution is 0.207. The van der Waals surface area contributed by atoms with E-state index < -0.39 is 0 Å². The van der Waals surface area contributed by atoms with Gasteiger partial charge in [0.1, 0.15) is 0 Å². The van der Waals surface area contributed by atoms with Crippen LogP contribution in [0.5, 0.6) is 0 Å². The van der Waals surface area contributed by atoms with Crippen LogP contribution in [0.1, 0.15) is 52.0 Å². The number of rotatable bonds is 6. The predicted octanol–water partition coefficient (Wildman–Crippen LogP) is 4.02. The van der Waals surface area contributed by atoms with Crippen molar-refractivity contribution in [3.8, 4) is 6.07 Å². The van der Waals surface area contributed by atoms with Gasteiger partial charge in [0.25, 0.3) is 0 Å². The minimum atomic E-state index is -0.253. The highest BCUT2D eigenvalue weighted by molar-refractivity contribution is 5.36. The van der Waals surface area contributed by atoms with Crippen molar-refractivity contribution in [1.29, 1.82) is 5.26 Å². The number of nitrogens with one attached hydrogen (secondary N) is 1. The molecule has 1 atom stereocenters. The summed E-state index contributed by atoms with van der Waals surface area (Å²) in [6.07, 6.45) is 4.38. The van der Waals surface area contributed by atoms with Gasteiger partial charge in [-0.2, -0.15) is 5.26 Å². The summed E-state index contributed by atoms with van der Waals surface area (Å²) in [6, 6.07) is 13.8. The molecule has 2 nitrogen and oxygen atoms in total. The summed E-state index contributed by atoms with van der Waals surface area (Å²) >= 11 is 0. The molecule has 108 valence electrons. The van der Waals surface area contributed by atoms with Crippen LogP contribution in [0.25, 0.3) is 0 Å². The first kappa shape index (κ1) is 15.1. The Kier molecular flexibility index (Phi) is 4.83. The Morgan fingerprint density at radius 3 is 2.40 bits per heavy atom. The summed E-state index contributed by atoms with van der Waals surface area (Å²) in [7, 11) is 0. The van der Waals surface area contributed by atoms with E-state index in [1.54, 1.807) is 0 Å². The molecule has 1 N–H and O–H groups in total. The molecular formula is C18H26N2. The smallest absolute Gasteiger partial charge is 0.0852 e. The van der Waals surface area contributed by atoms with Crippen molar-refractivity contribution in [3.05, 3.63) is 35.9 Å². The van der Waals surface area contributed by atoms with Crippen LogP contribution in [-0.4, -0.2) is 12.1 Å². The number of hydrogen-bond acceptors (Lipinski definition) is 2. The van der Waals surface area contributed by atoms with E-state index in [0.717, 1.165) is 18.8 Å². The minimum absolute atomic E-state index is 0.253. The monoisotopic (exact) mass is 270 g/mol. The Bertz CT molecular complexity index is 452. The maximum Gasteiger partial charge on any atom is 0.0852 e. The van der Waals surface area contributed by atoms with Crippen LogP contribution in [0.2, 0.25) is 0 Å². The van der Waals surface area contributed by atoms with E-state index in [1.807, 2.05) is 18.2 Å². The van der Waals surface area contributed by atoms with Gasteiger partial charge in [0.05, 0.1) is 11.5 Å². The summed E-state index contributed by atoms with van der Waals surface area (Å²) in [6.45, 7) is 6.80. The summed E-state index contributed by atoms with van der Waals surface area (Å²) in [5.74, 6) is 0.767. The molecule has 1 aromatic rings. The third-order valence-electron chi connectivity index (χ3n) is 4.43. The molecule has 1 unspecified atom stereocenters. The highest BCUT2D eigenvalue weighted by atomic mass is 15.0. The van der Waals surface area contributed by atoms with Crippen LogP contribution in [-0.2, 0) is 5.41 Å². The molecule has 0 spiro atoms. The van der Waals surface area contributed by atoms with E-state index in [0.29, 0.717) is 12.1 Å². The SMILES string of the molecule is CC(C)CCC(C)NC1CC(C#N)(c2ccccc2)C1. The van der Waals surface area contributed by atoms with E-state index in [4.69, 9.17) is 0 Å². The lowest BCUT2D eigenvalue weighted by Gasteiger charge is -2.44. The van der Waals surface area contributed by atoms with Gasteiger partial charge in [0.2, 0.25) is 0 Å². The number of nitrogens with zero attached hydrogens (tertiary/aromatic N) is 1. The number of hydrogen-bond donors (Lipinski definition) is 1. The standard InChI is InChI=1S/C18H26N2/c1-14(2)9-10-15(3)20-17-11-18(12-17,13-19)16-7-5-4-6-8-16/h4-8,14-15,17,20H,9-12H2,1-3H3. The molecule has 1 aliphatic carbocycles. The van der Waals surface area contributed by atoms with Crippen molar-refractivity contribution in [2.24, 2.45) is 5.92 Å². The van der Waals surface area contributed by atoms with Crippen molar-refractivity contribution in [2.75, 3.05) is 0 Å². The van der Waals surface area contributed by atoms with E-state index in [-0.39, 0.29) is 5.41 Å². The van der Waals surface area contributed by atoms with E-state index in [2.05, 4.69) is 44.3 Å². The molecule has 0 heterocycles. The summed E-state index contributed by atoms with van der Waals surface area (Å²) in [5.41, 5.74) is 0.923. The van der Waals surface area contributed by atoms with Crippen LogP contribution in [0, 0.1) is 17.2 Å². The second kappa shape index (κ2) is 6.41. The van der Waals surface area contributed by atoms with Crippen LogP contribution in [0.15, 0.2) is 30.3 Å². The Morgan fingerprint density at radius 2 is 1.85 bits per heavy atom. The molecule has 0 bridgehead atoms. The maximum atomic E-state index is 9.54. The molecule has 0 saturated heterocycles. The first-order valence-corrected chi connectivity index (χ1v) is 7.78. The molecule has 0 amide bonds. The fourth-order valence-corrected chi connectivity index (χ4v) is 3.12. The molecule has 0 aliphatic heterocycles. The van der Waals surface area contributed by atoms with Gasteiger partial charge in [0.15, 0.2) is 0 Å². The van der Waals surface area contributed by atoms with Gasteiger partial charge in [-0.05, 0) is 44.1 Å². The Balaban J connectivity index is 1.85. The van der Waals surface area contributed by atoms with Crippen molar-refractivity contribution in [3.63, 3.8) is 0 Å². The zero-order chi connectivity index (χ0) is 14.6. The van der Waals surface area contributed by atoms with Crippen LogP contribution in [0.4, 0.5) is 0 Å². The molecule has 0 aromatic heterocycles. The molecule has 0 radical (unpaired) electrons. The van der Waals surface area contributed by atoms with Gasteiger partial charge in [-0.1, -0.05) is 44.2 Å². The average Bonchev–Trinajstić information content (AvgIpc) is 2.41. The first-order chi connectivity index (χ1) is 9.55. The lowest BCUT2D eigenvalue weighted by atomic mass is 9.62. The van der Waals surface area contributed by atoms with Gasteiger partial charge in [-0.25, -0.2) is 0 Å². The Morgan fingerprint density at radius 1 is 1.20 bits per heavy atom. The van der Waals surface area contributed by atoms with Crippen molar-refractivity contribution >= 4 is 0 Å². The third kappa shape index (κ3) is 3.41. The second-order valence-electron chi connectivity index (χ2n) is 6.70. The number of nitriles is 1. The zero-order valence-corrected chi connectivity index (χ0v) is 12.9. The summed E-state index contributed by atoms with van der Waals surface area (Å²) < 4.78 is 0. The normalized spacial score (nSPS) is 26.9. The molecular weight excluding hydrogens is 244 g/mol. The fraction of sp³-hybridized carbons (Fsp3) is 0.611. The maximum absolute atomic E-state index is 9.54. The molecule has 2 rings (SSSR count). The van der Waals surface area contributed by atoms with Crippen molar-refractivity contribution < 1.29 is 0 Å². The largest absolute Gasteiger partial charge is 0.311 e. The lowest BCUT2D eigenvalue weighted by Crippen LogP contribution is -2.53. The van der Waals surface area contributed by atoms with Gasteiger partial charge in [0, 0.05) is 12.1 Å². The minimum Gasteiger partial charge on any atom is -0.311 e. The van der Waals surface area contributed by atoms with E-state index in [9.17, 15) is 5.26 Å². The predicted molar refractivity (Wildman–Crippen MR) is 83.4 cm³/mol. The van der Waals surface area contributed by atoms with Crippen LogP contribution >= 0.6 is 0 Å². The highest BCUT2D eigenvalue weighted by Crippen LogP contribution is 2.43. The molecule has 1 fully saturated rings.